The molecule has 3 heterocycles. The van der Waals surface area contributed by atoms with Gasteiger partial charge in [0.1, 0.15) is 5.75 Å². The van der Waals surface area contributed by atoms with Gasteiger partial charge in [0.2, 0.25) is 5.89 Å². The van der Waals surface area contributed by atoms with Crippen molar-refractivity contribution in [2.75, 3.05) is 13.7 Å². The van der Waals surface area contributed by atoms with Gasteiger partial charge in [0.15, 0.2) is 5.82 Å². The molecule has 0 radical (unpaired) electrons. The molecule has 5 rings (SSSR count). The molecule has 0 bridgehead atoms. The topological polar surface area (TPSA) is 78.0 Å². The number of methoxy groups -OCH3 is 1. The molecule has 0 saturated heterocycles. The van der Waals surface area contributed by atoms with E-state index in [4.69, 9.17) is 14.2 Å². The maximum absolute atomic E-state index is 5.69. The molecule has 2 aliphatic rings. The number of aromatic nitrogens is 4. The van der Waals surface area contributed by atoms with Gasteiger partial charge in [0, 0.05) is 24.8 Å². The average Bonchev–Trinajstić information content (AvgIpc) is 3.20. The second-order valence-electron chi connectivity index (χ2n) is 7.07. The van der Waals surface area contributed by atoms with Gasteiger partial charge in [0.05, 0.1) is 30.7 Å². The van der Waals surface area contributed by atoms with E-state index < -0.39 is 0 Å². The van der Waals surface area contributed by atoms with E-state index in [9.17, 15) is 0 Å². The first-order valence-electron chi connectivity index (χ1n) is 8.99. The Kier molecular flexibility index (Phi) is 3.56. The van der Waals surface area contributed by atoms with E-state index in [-0.39, 0.29) is 11.3 Å². The van der Waals surface area contributed by atoms with Crippen LogP contribution in [0.15, 0.2) is 41.1 Å². The molecule has 0 amide bonds. The summed E-state index contributed by atoms with van der Waals surface area (Å²) in [4.78, 5) is 4.80. The van der Waals surface area contributed by atoms with Gasteiger partial charge in [-0.15, -0.1) is 0 Å². The number of hydrogen-bond acceptors (Lipinski definition) is 6. The van der Waals surface area contributed by atoms with E-state index in [0.717, 1.165) is 49.6 Å². The third kappa shape index (κ3) is 2.42. The number of hydrogen-bond donors (Lipinski definition) is 1. The zero-order valence-electron chi connectivity index (χ0n) is 14.7. The molecule has 1 aromatic carbocycles. The molecule has 3 aromatic rings. The third-order valence-electron chi connectivity index (χ3n) is 5.49. The van der Waals surface area contributed by atoms with Crippen LogP contribution in [0, 0.1) is 0 Å². The van der Waals surface area contributed by atoms with Crippen molar-refractivity contribution in [3.63, 3.8) is 0 Å². The standard InChI is InChI=1S/C19H21N5O2/c1-25-16-5-3-2-4-15(16)19(7-8-19)18-22-17(26-23-18)13-10-20-11-14-6-9-21-24(14)12-13/h2-6,9,13,20H,7-8,10-12H2,1H3. The predicted molar refractivity (Wildman–Crippen MR) is 94.0 cm³/mol. The molecule has 1 saturated carbocycles. The Morgan fingerprint density at radius 1 is 1.27 bits per heavy atom. The van der Waals surface area contributed by atoms with Gasteiger partial charge >= 0.3 is 0 Å². The molecule has 1 fully saturated rings. The number of para-hydroxylation sites is 1. The molecular formula is C19H21N5O2. The summed E-state index contributed by atoms with van der Waals surface area (Å²) in [6.07, 6.45) is 3.86. The van der Waals surface area contributed by atoms with Crippen LogP contribution in [-0.2, 0) is 18.5 Å². The van der Waals surface area contributed by atoms with Crippen LogP contribution in [0.4, 0.5) is 0 Å². The van der Waals surface area contributed by atoms with Gasteiger partial charge in [-0.05, 0) is 25.0 Å². The predicted octanol–water partition coefficient (Wildman–Crippen LogP) is 2.24. The van der Waals surface area contributed by atoms with E-state index in [1.165, 1.54) is 5.69 Å². The van der Waals surface area contributed by atoms with Crippen LogP contribution in [0.2, 0.25) is 0 Å². The van der Waals surface area contributed by atoms with Gasteiger partial charge < -0.3 is 14.6 Å². The third-order valence-corrected chi connectivity index (χ3v) is 5.49. The minimum Gasteiger partial charge on any atom is -0.496 e. The second kappa shape index (κ2) is 5.95. The number of ether oxygens (including phenoxy) is 1. The summed E-state index contributed by atoms with van der Waals surface area (Å²) in [5.74, 6) is 2.44. The van der Waals surface area contributed by atoms with Gasteiger partial charge in [-0.25, -0.2) is 0 Å². The Morgan fingerprint density at radius 2 is 2.15 bits per heavy atom. The summed E-state index contributed by atoms with van der Waals surface area (Å²) in [7, 11) is 1.70. The van der Waals surface area contributed by atoms with Crippen molar-refractivity contribution in [2.24, 2.45) is 0 Å². The van der Waals surface area contributed by atoms with E-state index in [0.29, 0.717) is 5.89 Å². The maximum Gasteiger partial charge on any atom is 0.232 e. The fraction of sp³-hybridized carbons (Fsp3) is 0.421. The Balaban J connectivity index is 1.45. The summed E-state index contributed by atoms with van der Waals surface area (Å²) < 4.78 is 13.3. The lowest BCUT2D eigenvalue weighted by atomic mass is 9.94. The van der Waals surface area contributed by atoms with Crippen molar-refractivity contribution < 1.29 is 9.26 Å². The Morgan fingerprint density at radius 3 is 3.00 bits per heavy atom. The number of fused-ring (bicyclic) bond motifs is 1. The monoisotopic (exact) mass is 351 g/mol. The first-order valence-corrected chi connectivity index (χ1v) is 8.99. The quantitative estimate of drug-likeness (QED) is 0.777. The Bertz CT molecular complexity index is 927. The van der Waals surface area contributed by atoms with Crippen molar-refractivity contribution in [2.45, 2.75) is 37.3 Å². The van der Waals surface area contributed by atoms with Crippen LogP contribution in [0.25, 0.3) is 0 Å². The van der Waals surface area contributed by atoms with Crippen LogP contribution < -0.4 is 10.1 Å². The van der Waals surface area contributed by atoms with E-state index in [2.05, 4.69) is 21.6 Å². The zero-order valence-corrected chi connectivity index (χ0v) is 14.7. The van der Waals surface area contributed by atoms with Crippen LogP contribution in [0.3, 0.4) is 0 Å². The first kappa shape index (κ1) is 15.6. The first-order chi connectivity index (χ1) is 12.8. The highest BCUT2D eigenvalue weighted by atomic mass is 16.5. The molecule has 7 nitrogen and oxygen atoms in total. The smallest absolute Gasteiger partial charge is 0.232 e. The van der Waals surface area contributed by atoms with Crippen molar-refractivity contribution in [3.05, 3.63) is 59.5 Å². The van der Waals surface area contributed by atoms with Crippen LogP contribution in [0.1, 0.15) is 41.7 Å². The maximum atomic E-state index is 5.69. The molecule has 1 aliphatic heterocycles. The van der Waals surface area contributed by atoms with Crippen LogP contribution >= 0.6 is 0 Å². The van der Waals surface area contributed by atoms with Crippen molar-refractivity contribution >= 4 is 0 Å². The van der Waals surface area contributed by atoms with E-state index in [1.807, 2.05) is 35.1 Å². The average molecular weight is 351 g/mol. The van der Waals surface area contributed by atoms with Gasteiger partial charge in [-0.2, -0.15) is 10.1 Å². The van der Waals surface area contributed by atoms with Gasteiger partial charge in [0.25, 0.3) is 0 Å². The summed E-state index contributed by atoms with van der Waals surface area (Å²) in [5, 5.41) is 12.2. The number of nitrogens with one attached hydrogen (secondary N) is 1. The number of rotatable bonds is 4. The minimum atomic E-state index is -0.177. The summed E-state index contributed by atoms with van der Waals surface area (Å²) >= 11 is 0. The minimum absolute atomic E-state index is 0.117. The molecule has 1 unspecified atom stereocenters. The van der Waals surface area contributed by atoms with E-state index >= 15 is 0 Å². The Hall–Kier alpha value is -2.67. The molecule has 26 heavy (non-hydrogen) atoms. The highest BCUT2D eigenvalue weighted by Crippen LogP contribution is 2.55. The normalized spacial score (nSPS) is 21.0. The largest absolute Gasteiger partial charge is 0.496 e. The molecule has 1 N–H and O–H groups in total. The molecule has 7 heteroatoms. The van der Waals surface area contributed by atoms with E-state index in [1.54, 1.807) is 7.11 Å². The highest BCUT2D eigenvalue weighted by molar-refractivity contribution is 5.47. The summed E-state index contributed by atoms with van der Waals surface area (Å²) in [6, 6.07) is 10.2. The lowest BCUT2D eigenvalue weighted by Gasteiger charge is -2.15. The Labute approximate surface area is 151 Å². The molecule has 1 aliphatic carbocycles. The fourth-order valence-electron chi connectivity index (χ4n) is 3.86. The lowest BCUT2D eigenvalue weighted by molar-refractivity contribution is 0.329. The fourth-order valence-corrected chi connectivity index (χ4v) is 3.86. The van der Waals surface area contributed by atoms with Crippen LogP contribution in [0.5, 0.6) is 5.75 Å². The molecule has 134 valence electrons. The SMILES string of the molecule is COc1ccccc1C1(c2noc(C3CNCc4ccnn4C3)n2)CC1. The molecule has 1 atom stereocenters. The van der Waals surface area contributed by atoms with Gasteiger partial charge in [-0.3, -0.25) is 4.68 Å². The number of benzene rings is 1. The summed E-state index contributed by atoms with van der Waals surface area (Å²) in [6.45, 7) is 2.36. The second-order valence-corrected chi connectivity index (χ2v) is 7.07. The van der Waals surface area contributed by atoms with Crippen molar-refractivity contribution in [3.8, 4) is 5.75 Å². The highest BCUT2D eigenvalue weighted by Gasteiger charge is 2.51. The summed E-state index contributed by atoms with van der Waals surface area (Å²) in [5.41, 5.74) is 2.15. The molecule has 2 aromatic heterocycles. The molecular weight excluding hydrogens is 330 g/mol. The van der Waals surface area contributed by atoms with Gasteiger partial charge in [-0.1, -0.05) is 23.4 Å². The van der Waals surface area contributed by atoms with Crippen molar-refractivity contribution in [1.82, 2.24) is 25.2 Å². The van der Waals surface area contributed by atoms with Crippen LogP contribution in [-0.4, -0.2) is 33.6 Å². The molecule has 0 spiro atoms. The lowest BCUT2D eigenvalue weighted by Crippen LogP contribution is -2.20. The zero-order chi connectivity index (χ0) is 17.6. The van der Waals surface area contributed by atoms with Crippen molar-refractivity contribution in [1.29, 1.82) is 0 Å². The number of nitrogens with zero attached hydrogens (tertiary/aromatic N) is 4.